The van der Waals surface area contributed by atoms with E-state index in [0.717, 1.165) is 10.7 Å². The average molecular weight is 583 g/mol. The third kappa shape index (κ3) is 5.59. The van der Waals surface area contributed by atoms with Crippen molar-refractivity contribution in [2.24, 2.45) is 0 Å². The Kier molecular flexibility index (Phi) is 7.44. The smallest absolute Gasteiger partial charge is 0.381 e. The number of amides is 1. The quantitative estimate of drug-likeness (QED) is 0.118. The van der Waals surface area contributed by atoms with Gasteiger partial charge in [-0.1, -0.05) is 17.7 Å². The van der Waals surface area contributed by atoms with Gasteiger partial charge in [0.2, 0.25) is 0 Å². The third-order valence-corrected chi connectivity index (χ3v) is 5.32. The van der Waals surface area contributed by atoms with Crippen LogP contribution in [0.25, 0.3) is 5.65 Å². The fraction of sp³-hybridized carbons (Fsp3) is 0.211. The van der Waals surface area contributed by atoms with Crippen LogP contribution in [-0.2, 0) is 12.7 Å². The highest BCUT2D eigenvalue weighted by Crippen LogP contribution is 2.32. The molecule has 3 rings (SSSR count). The Balaban J connectivity index is 1.75. The summed E-state index contributed by atoms with van der Waals surface area (Å²) in [5.74, 6) is -1.60. The van der Waals surface area contributed by atoms with Gasteiger partial charge in [0.05, 0.1) is 39.9 Å². The van der Waals surface area contributed by atoms with Gasteiger partial charge in [0.15, 0.2) is 5.69 Å². The SMILES string of the molecule is N=CN(I)CCNc1ccc(CNC(=O)c2c(C(F)(F)F)nc3ccc(Cl)cn23)cc1F. The van der Waals surface area contributed by atoms with E-state index in [9.17, 15) is 22.4 Å². The number of nitrogens with zero attached hydrogens (tertiary/aromatic N) is 3. The summed E-state index contributed by atoms with van der Waals surface area (Å²) in [4.78, 5) is 16.1. The Morgan fingerprint density at radius 3 is 2.72 bits per heavy atom. The van der Waals surface area contributed by atoms with E-state index >= 15 is 0 Å². The van der Waals surface area contributed by atoms with Crippen molar-refractivity contribution >= 4 is 58.0 Å². The number of fused-ring (bicyclic) bond motifs is 1. The fourth-order valence-corrected chi connectivity index (χ4v) is 3.28. The summed E-state index contributed by atoms with van der Waals surface area (Å²) in [6.07, 6.45) is -2.55. The molecule has 0 atom stereocenters. The Morgan fingerprint density at radius 1 is 1.31 bits per heavy atom. The molecule has 1 amide bonds. The van der Waals surface area contributed by atoms with Crippen LogP contribution in [0.4, 0.5) is 23.2 Å². The first-order valence-corrected chi connectivity index (χ1v) is 10.4. The second kappa shape index (κ2) is 9.90. The Bertz CT molecular complexity index is 1150. The van der Waals surface area contributed by atoms with Crippen LogP contribution in [0.3, 0.4) is 0 Å². The van der Waals surface area contributed by atoms with Crippen LogP contribution in [0, 0.1) is 11.2 Å². The van der Waals surface area contributed by atoms with Crippen molar-refractivity contribution in [3.8, 4) is 0 Å². The highest BCUT2D eigenvalue weighted by Gasteiger charge is 2.40. The normalized spacial score (nSPS) is 11.4. The lowest BCUT2D eigenvalue weighted by Crippen LogP contribution is -2.27. The molecule has 0 aliphatic heterocycles. The Labute approximate surface area is 198 Å². The van der Waals surface area contributed by atoms with E-state index in [1.54, 1.807) is 9.18 Å². The molecule has 0 aliphatic rings. The number of imidazole rings is 1. The van der Waals surface area contributed by atoms with Gasteiger partial charge < -0.3 is 13.7 Å². The maximum absolute atomic E-state index is 14.3. The molecule has 0 aliphatic carbocycles. The fourth-order valence-electron chi connectivity index (χ4n) is 2.87. The van der Waals surface area contributed by atoms with Gasteiger partial charge in [0, 0.05) is 25.8 Å². The number of nitrogens with one attached hydrogen (secondary N) is 3. The number of rotatable bonds is 8. The number of hydrogen-bond donors (Lipinski definition) is 3. The monoisotopic (exact) mass is 582 g/mol. The first kappa shape index (κ1) is 24.0. The highest BCUT2D eigenvalue weighted by molar-refractivity contribution is 14.1. The van der Waals surface area contributed by atoms with Crippen molar-refractivity contribution in [2.45, 2.75) is 12.7 Å². The lowest BCUT2D eigenvalue weighted by Gasteiger charge is -2.13. The number of hydrogen-bond acceptors (Lipinski definition) is 4. The number of benzene rings is 1. The second-order valence-electron chi connectivity index (χ2n) is 6.56. The van der Waals surface area contributed by atoms with Gasteiger partial charge in [-0.25, -0.2) is 9.37 Å². The van der Waals surface area contributed by atoms with Crippen LogP contribution in [0.5, 0.6) is 0 Å². The van der Waals surface area contributed by atoms with Crippen molar-refractivity contribution in [2.75, 3.05) is 18.4 Å². The number of carbonyl (C=O) groups is 1. The first-order valence-electron chi connectivity index (χ1n) is 9.08. The van der Waals surface area contributed by atoms with E-state index in [1.807, 2.05) is 22.9 Å². The number of pyridine rings is 1. The summed E-state index contributed by atoms with van der Waals surface area (Å²) < 4.78 is 57.1. The minimum Gasteiger partial charge on any atom is -0.381 e. The van der Waals surface area contributed by atoms with Crippen LogP contribution >= 0.6 is 34.5 Å². The molecule has 2 heterocycles. The molecule has 170 valence electrons. The van der Waals surface area contributed by atoms with E-state index in [1.165, 1.54) is 30.5 Å². The molecule has 1 aromatic carbocycles. The minimum atomic E-state index is -4.85. The van der Waals surface area contributed by atoms with E-state index in [2.05, 4.69) is 15.6 Å². The van der Waals surface area contributed by atoms with E-state index in [-0.39, 0.29) is 22.9 Å². The molecule has 0 spiro atoms. The van der Waals surface area contributed by atoms with Gasteiger partial charge in [-0.2, -0.15) is 13.2 Å². The number of anilines is 1. The van der Waals surface area contributed by atoms with Gasteiger partial charge in [-0.15, -0.1) is 0 Å². The molecule has 2 aromatic heterocycles. The van der Waals surface area contributed by atoms with E-state index < -0.39 is 29.3 Å². The van der Waals surface area contributed by atoms with Gasteiger partial charge in [-0.3, -0.25) is 14.6 Å². The van der Waals surface area contributed by atoms with Crippen LogP contribution < -0.4 is 10.6 Å². The van der Waals surface area contributed by atoms with Crippen molar-refractivity contribution in [3.05, 3.63) is 64.3 Å². The summed E-state index contributed by atoms with van der Waals surface area (Å²) in [6, 6.07) is 6.83. The lowest BCUT2D eigenvalue weighted by atomic mass is 10.2. The van der Waals surface area contributed by atoms with Crippen LogP contribution in [0.2, 0.25) is 5.02 Å². The zero-order chi connectivity index (χ0) is 23.5. The van der Waals surface area contributed by atoms with Crippen molar-refractivity contribution in [3.63, 3.8) is 0 Å². The molecule has 7 nitrogen and oxygen atoms in total. The molecule has 3 N–H and O–H groups in total. The molecule has 0 fully saturated rings. The molecule has 0 unspecified atom stereocenters. The number of aromatic nitrogens is 2. The Morgan fingerprint density at radius 2 is 2.06 bits per heavy atom. The summed E-state index contributed by atoms with van der Waals surface area (Å²) in [7, 11) is 0. The van der Waals surface area contributed by atoms with Crippen LogP contribution in [0.15, 0.2) is 36.5 Å². The standard InChI is InChI=1S/C19H16ClF4IN6O/c20-12-2-4-15-29-17(19(22,23)24)16(31(15)9-12)18(32)28-8-11-1-3-14(13(21)7-11)27-5-6-30(25)10-26/h1-4,7,9-10,26-27H,5-6,8H2,(H,28,32). The van der Waals surface area contributed by atoms with Gasteiger partial charge in [0.1, 0.15) is 17.2 Å². The molecule has 0 radical (unpaired) electrons. The predicted molar refractivity (Wildman–Crippen MR) is 121 cm³/mol. The minimum absolute atomic E-state index is 0.0820. The van der Waals surface area contributed by atoms with Crippen molar-refractivity contribution < 1.29 is 22.4 Å². The zero-order valence-electron chi connectivity index (χ0n) is 16.2. The predicted octanol–water partition coefficient (Wildman–Crippen LogP) is 4.75. The summed E-state index contributed by atoms with van der Waals surface area (Å²) in [5.41, 5.74) is -1.54. The van der Waals surface area contributed by atoms with Crippen LogP contribution in [0.1, 0.15) is 21.7 Å². The third-order valence-electron chi connectivity index (χ3n) is 4.33. The maximum atomic E-state index is 14.3. The maximum Gasteiger partial charge on any atom is 0.435 e. The topological polar surface area (TPSA) is 85.5 Å². The molecule has 0 bridgehead atoms. The lowest BCUT2D eigenvalue weighted by molar-refractivity contribution is -0.141. The van der Waals surface area contributed by atoms with Gasteiger partial charge >= 0.3 is 6.18 Å². The van der Waals surface area contributed by atoms with Crippen molar-refractivity contribution in [1.82, 2.24) is 17.8 Å². The average Bonchev–Trinajstić information content (AvgIpc) is 3.12. The van der Waals surface area contributed by atoms with E-state index in [4.69, 9.17) is 17.0 Å². The van der Waals surface area contributed by atoms with Crippen LogP contribution in [-0.4, -0.2) is 37.8 Å². The first-order chi connectivity index (χ1) is 15.1. The number of halogens is 6. The molecule has 32 heavy (non-hydrogen) atoms. The molecular formula is C19H16ClF4IN6O. The zero-order valence-corrected chi connectivity index (χ0v) is 19.1. The van der Waals surface area contributed by atoms with Gasteiger partial charge in [0.25, 0.3) is 5.91 Å². The van der Waals surface area contributed by atoms with E-state index in [0.29, 0.717) is 18.7 Å². The Hall–Kier alpha value is -2.61. The molecule has 0 saturated carbocycles. The highest BCUT2D eigenvalue weighted by atomic mass is 127. The molecule has 0 saturated heterocycles. The number of alkyl halides is 3. The summed E-state index contributed by atoms with van der Waals surface area (Å²) in [5, 5.41) is 12.5. The summed E-state index contributed by atoms with van der Waals surface area (Å²) in [6.45, 7) is 0.672. The largest absolute Gasteiger partial charge is 0.435 e. The van der Waals surface area contributed by atoms with Crippen molar-refractivity contribution in [1.29, 1.82) is 5.41 Å². The van der Waals surface area contributed by atoms with Gasteiger partial charge in [-0.05, 0) is 29.8 Å². The second-order valence-corrected chi connectivity index (χ2v) is 8.23. The number of carbonyl (C=O) groups excluding carboxylic acids is 1. The molecule has 13 heteroatoms. The molecule has 3 aromatic rings. The summed E-state index contributed by atoms with van der Waals surface area (Å²) >= 11 is 7.79. The molecular weight excluding hydrogens is 567 g/mol.